The van der Waals surface area contributed by atoms with Crippen LogP contribution in [0.2, 0.25) is 0 Å². The number of methoxy groups -OCH3 is 2. The zero-order valence-corrected chi connectivity index (χ0v) is 19.6. The molecule has 8 heteroatoms. The Morgan fingerprint density at radius 3 is 2.38 bits per heavy atom. The predicted octanol–water partition coefficient (Wildman–Crippen LogP) is 4.69. The van der Waals surface area contributed by atoms with E-state index in [9.17, 15) is 14.4 Å². The van der Waals surface area contributed by atoms with Crippen LogP contribution in [0.4, 0.5) is 11.4 Å². The van der Waals surface area contributed by atoms with Gasteiger partial charge in [-0.2, -0.15) is 0 Å². The molecule has 4 rings (SSSR count). The lowest BCUT2D eigenvalue weighted by molar-refractivity contribution is -0.121. The second-order valence-corrected chi connectivity index (χ2v) is 8.89. The summed E-state index contributed by atoms with van der Waals surface area (Å²) in [4.78, 5) is 40.2. The van der Waals surface area contributed by atoms with Gasteiger partial charge in [-0.15, -0.1) is 11.8 Å². The fourth-order valence-electron chi connectivity index (χ4n) is 3.71. The van der Waals surface area contributed by atoms with Gasteiger partial charge < -0.3 is 19.7 Å². The standard InChI is InChI=1S/C26H24N2O5S/c1-32-20-13-9-17(10-14-20)23-15-25(30)28(21-5-3-4-6-22(21)34-23)16-24(29)27-19-11-7-18(8-12-19)26(31)33-2/h3-14,23H,15-16H2,1-2H3,(H,27,29)/t23-/m0/s1. The van der Waals surface area contributed by atoms with E-state index in [1.165, 1.54) is 12.0 Å². The SMILES string of the molecule is COC(=O)c1ccc(NC(=O)CN2C(=O)C[C@@H](c3ccc(OC)cc3)Sc3ccccc32)cc1. The quantitative estimate of drug-likeness (QED) is 0.520. The highest BCUT2D eigenvalue weighted by Gasteiger charge is 2.30. The number of amides is 2. The van der Waals surface area contributed by atoms with Crippen molar-refractivity contribution in [1.29, 1.82) is 0 Å². The molecule has 0 unspecified atom stereocenters. The number of fused-ring (bicyclic) bond motifs is 1. The van der Waals surface area contributed by atoms with Crippen LogP contribution < -0.4 is 15.0 Å². The number of ether oxygens (including phenoxy) is 2. The van der Waals surface area contributed by atoms with Gasteiger partial charge in [-0.25, -0.2) is 4.79 Å². The van der Waals surface area contributed by atoms with E-state index in [0.29, 0.717) is 16.9 Å². The maximum atomic E-state index is 13.3. The van der Waals surface area contributed by atoms with Gasteiger partial charge in [0, 0.05) is 22.3 Å². The summed E-state index contributed by atoms with van der Waals surface area (Å²) >= 11 is 1.61. The summed E-state index contributed by atoms with van der Waals surface area (Å²) in [5.74, 6) is -0.156. The van der Waals surface area contributed by atoms with Gasteiger partial charge in [-0.1, -0.05) is 24.3 Å². The van der Waals surface area contributed by atoms with E-state index < -0.39 is 5.97 Å². The molecule has 0 saturated heterocycles. The summed E-state index contributed by atoms with van der Waals surface area (Å²) in [5, 5.41) is 2.71. The van der Waals surface area contributed by atoms with Crippen LogP contribution in [0.5, 0.6) is 5.75 Å². The molecule has 1 heterocycles. The van der Waals surface area contributed by atoms with Crippen LogP contribution in [0.3, 0.4) is 0 Å². The van der Waals surface area contributed by atoms with Crippen molar-refractivity contribution in [2.75, 3.05) is 31.0 Å². The zero-order valence-electron chi connectivity index (χ0n) is 18.8. The van der Waals surface area contributed by atoms with E-state index in [1.807, 2.05) is 48.5 Å². The molecule has 2 amide bonds. The van der Waals surface area contributed by atoms with Crippen LogP contribution in [-0.4, -0.2) is 38.5 Å². The number of para-hydroxylation sites is 1. The van der Waals surface area contributed by atoms with Gasteiger partial charge >= 0.3 is 5.97 Å². The molecule has 3 aromatic carbocycles. The summed E-state index contributed by atoms with van der Waals surface area (Å²) in [5.41, 5.74) is 2.65. The van der Waals surface area contributed by atoms with Crippen LogP contribution in [0.15, 0.2) is 77.7 Å². The number of nitrogens with zero attached hydrogens (tertiary/aromatic N) is 1. The zero-order chi connectivity index (χ0) is 24.1. The molecule has 174 valence electrons. The number of thioether (sulfide) groups is 1. The van der Waals surface area contributed by atoms with E-state index in [1.54, 1.807) is 43.1 Å². The van der Waals surface area contributed by atoms with E-state index in [-0.39, 0.29) is 30.0 Å². The first-order valence-corrected chi connectivity index (χ1v) is 11.5. The molecule has 0 fully saturated rings. The minimum Gasteiger partial charge on any atom is -0.497 e. The molecule has 34 heavy (non-hydrogen) atoms. The monoisotopic (exact) mass is 476 g/mol. The van der Waals surface area contributed by atoms with Gasteiger partial charge in [0.25, 0.3) is 0 Å². The van der Waals surface area contributed by atoms with Crippen LogP contribution in [0.25, 0.3) is 0 Å². The van der Waals surface area contributed by atoms with Gasteiger partial charge in [0.15, 0.2) is 0 Å². The molecular weight excluding hydrogens is 452 g/mol. The predicted molar refractivity (Wildman–Crippen MR) is 131 cm³/mol. The molecule has 0 radical (unpaired) electrons. The Morgan fingerprint density at radius 2 is 1.71 bits per heavy atom. The third-order valence-electron chi connectivity index (χ3n) is 5.47. The number of benzene rings is 3. The van der Waals surface area contributed by atoms with Crippen molar-refractivity contribution in [3.63, 3.8) is 0 Å². The van der Waals surface area contributed by atoms with E-state index in [0.717, 1.165) is 16.2 Å². The Hall–Kier alpha value is -3.78. The number of anilines is 2. The molecular formula is C26H24N2O5S. The van der Waals surface area contributed by atoms with Crippen molar-refractivity contribution in [3.8, 4) is 5.75 Å². The number of carbonyl (C=O) groups is 3. The Balaban J connectivity index is 1.52. The van der Waals surface area contributed by atoms with Crippen LogP contribution in [-0.2, 0) is 14.3 Å². The minimum absolute atomic E-state index is 0.0847. The first kappa shape index (κ1) is 23.4. The first-order chi connectivity index (χ1) is 16.5. The number of esters is 1. The second kappa shape index (κ2) is 10.4. The molecule has 3 aromatic rings. The average molecular weight is 477 g/mol. The van der Waals surface area contributed by atoms with Crippen molar-refractivity contribution in [1.82, 2.24) is 0 Å². The maximum Gasteiger partial charge on any atom is 0.337 e. The molecule has 0 saturated carbocycles. The number of carbonyl (C=O) groups excluding carboxylic acids is 3. The van der Waals surface area contributed by atoms with Crippen molar-refractivity contribution in [2.45, 2.75) is 16.6 Å². The third kappa shape index (κ3) is 5.23. The number of rotatable bonds is 6. The first-order valence-electron chi connectivity index (χ1n) is 10.7. The van der Waals surface area contributed by atoms with Gasteiger partial charge in [0.1, 0.15) is 12.3 Å². The third-order valence-corrected chi connectivity index (χ3v) is 6.79. The fraction of sp³-hybridized carbons (Fsp3) is 0.192. The molecule has 0 bridgehead atoms. The van der Waals surface area contributed by atoms with Gasteiger partial charge in [-0.3, -0.25) is 9.59 Å². The molecule has 7 nitrogen and oxygen atoms in total. The number of nitrogens with one attached hydrogen (secondary N) is 1. The number of hydrogen-bond donors (Lipinski definition) is 1. The topological polar surface area (TPSA) is 84.9 Å². The lowest BCUT2D eigenvalue weighted by atomic mass is 10.1. The largest absolute Gasteiger partial charge is 0.497 e. The van der Waals surface area contributed by atoms with Crippen LogP contribution >= 0.6 is 11.8 Å². The summed E-state index contributed by atoms with van der Waals surface area (Å²) in [6.07, 6.45) is 0.257. The highest BCUT2D eigenvalue weighted by atomic mass is 32.2. The second-order valence-electron chi connectivity index (χ2n) is 7.65. The highest BCUT2D eigenvalue weighted by Crippen LogP contribution is 2.45. The fourth-order valence-corrected chi connectivity index (χ4v) is 4.99. The van der Waals surface area contributed by atoms with Gasteiger partial charge in [0.05, 0.1) is 25.5 Å². The minimum atomic E-state index is -0.450. The molecule has 0 spiro atoms. The van der Waals surface area contributed by atoms with Crippen molar-refractivity contribution in [3.05, 3.63) is 83.9 Å². The molecule has 1 N–H and O–H groups in total. The van der Waals surface area contributed by atoms with Gasteiger partial charge in [-0.05, 0) is 54.1 Å². The Bertz CT molecular complexity index is 1190. The van der Waals surface area contributed by atoms with Gasteiger partial charge in [0.2, 0.25) is 11.8 Å². The lowest BCUT2D eigenvalue weighted by Gasteiger charge is -2.22. The molecule has 0 aliphatic carbocycles. The summed E-state index contributed by atoms with van der Waals surface area (Å²) in [6.45, 7) is -0.121. The summed E-state index contributed by atoms with van der Waals surface area (Å²) in [6, 6.07) is 21.7. The Kier molecular flexibility index (Phi) is 7.18. The van der Waals surface area contributed by atoms with E-state index in [2.05, 4.69) is 10.1 Å². The average Bonchev–Trinajstić information content (AvgIpc) is 3.00. The maximum absolute atomic E-state index is 13.3. The van der Waals surface area contributed by atoms with Crippen molar-refractivity contribution in [2.24, 2.45) is 0 Å². The summed E-state index contributed by atoms with van der Waals surface area (Å²) < 4.78 is 9.93. The lowest BCUT2D eigenvalue weighted by Crippen LogP contribution is -2.38. The Morgan fingerprint density at radius 1 is 1.00 bits per heavy atom. The van der Waals surface area contributed by atoms with Crippen LogP contribution in [0.1, 0.15) is 27.6 Å². The molecule has 1 aliphatic heterocycles. The van der Waals surface area contributed by atoms with Crippen molar-refractivity contribution < 1.29 is 23.9 Å². The normalized spacial score (nSPS) is 15.2. The van der Waals surface area contributed by atoms with E-state index >= 15 is 0 Å². The summed E-state index contributed by atoms with van der Waals surface area (Å²) in [7, 11) is 2.93. The molecule has 0 aromatic heterocycles. The molecule has 1 aliphatic rings. The smallest absolute Gasteiger partial charge is 0.337 e. The highest BCUT2D eigenvalue weighted by molar-refractivity contribution is 7.99. The van der Waals surface area contributed by atoms with Crippen molar-refractivity contribution >= 4 is 40.9 Å². The van der Waals surface area contributed by atoms with E-state index in [4.69, 9.17) is 4.74 Å². The Labute approximate surface area is 202 Å². The molecule has 1 atom stereocenters. The number of hydrogen-bond acceptors (Lipinski definition) is 6. The van der Waals surface area contributed by atoms with Crippen LogP contribution in [0, 0.1) is 0 Å².